The van der Waals surface area contributed by atoms with E-state index in [1.807, 2.05) is 55.5 Å². The molecule has 35 heavy (non-hydrogen) atoms. The summed E-state index contributed by atoms with van der Waals surface area (Å²) in [7, 11) is 0. The zero-order valence-electron chi connectivity index (χ0n) is 19.2. The molecule has 0 saturated heterocycles. The predicted molar refractivity (Wildman–Crippen MR) is 138 cm³/mol. The van der Waals surface area contributed by atoms with Crippen LogP contribution in [0.5, 0.6) is 5.75 Å². The lowest BCUT2D eigenvalue weighted by molar-refractivity contribution is 0.101. The fourth-order valence-electron chi connectivity index (χ4n) is 4.25. The van der Waals surface area contributed by atoms with E-state index in [0.29, 0.717) is 45.9 Å². The number of ether oxygens (including phenoxy) is 1. The van der Waals surface area contributed by atoms with E-state index < -0.39 is 5.63 Å². The van der Waals surface area contributed by atoms with Crippen LogP contribution in [0, 0.1) is 6.92 Å². The molecule has 3 aromatic carbocycles. The van der Waals surface area contributed by atoms with E-state index in [0.717, 1.165) is 29.4 Å². The molecule has 0 atom stereocenters. The standard InChI is InChI=1S/C29H23ClO5/c1-18-16-24(31)35-28-22(18)12-13-23-26(28)25(19-8-3-2-4-9-19)29(34-23)27(32)20-10-7-11-21(17-20)33-15-6-5-14-30/h2-4,7-13,16-17H,5-6,14-15H2,1H3. The first-order valence-corrected chi connectivity index (χ1v) is 12.0. The Labute approximate surface area is 206 Å². The van der Waals surface area contributed by atoms with Gasteiger partial charge < -0.3 is 13.6 Å². The highest BCUT2D eigenvalue weighted by molar-refractivity contribution is 6.20. The van der Waals surface area contributed by atoms with Crippen molar-refractivity contribution in [3.63, 3.8) is 0 Å². The maximum absolute atomic E-state index is 13.7. The SMILES string of the molecule is Cc1cc(=O)oc2c1ccc1oc(C(=O)c3cccc(OCCCCCl)c3)c(-c3ccccc3)c12. The summed E-state index contributed by atoms with van der Waals surface area (Å²) in [5.74, 6) is 1.09. The molecule has 0 fully saturated rings. The minimum Gasteiger partial charge on any atom is -0.494 e. The van der Waals surface area contributed by atoms with E-state index in [-0.39, 0.29) is 11.5 Å². The Hall–Kier alpha value is -3.83. The van der Waals surface area contributed by atoms with Gasteiger partial charge in [0.05, 0.1) is 12.0 Å². The molecule has 0 N–H and O–H groups in total. The molecule has 6 heteroatoms. The van der Waals surface area contributed by atoms with Crippen LogP contribution in [0.1, 0.15) is 34.5 Å². The molecule has 0 saturated carbocycles. The summed E-state index contributed by atoms with van der Waals surface area (Å²) in [5.41, 5.74) is 3.06. The maximum Gasteiger partial charge on any atom is 0.336 e. The highest BCUT2D eigenvalue weighted by Gasteiger charge is 2.26. The molecule has 0 radical (unpaired) electrons. The van der Waals surface area contributed by atoms with Crippen LogP contribution in [0.25, 0.3) is 33.1 Å². The minimum atomic E-state index is -0.449. The number of alkyl halides is 1. The number of carbonyl (C=O) groups excluding carboxylic acids is 1. The second-order valence-electron chi connectivity index (χ2n) is 8.34. The Bertz CT molecular complexity index is 1580. The quantitative estimate of drug-likeness (QED) is 0.101. The van der Waals surface area contributed by atoms with Gasteiger partial charge in [-0.2, -0.15) is 0 Å². The van der Waals surface area contributed by atoms with Gasteiger partial charge in [-0.1, -0.05) is 42.5 Å². The average Bonchev–Trinajstić information content (AvgIpc) is 3.27. The monoisotopic (exact) mass is 486 g/mol. The van der Waals surface area contributed by atoms with Gasteiger partial charge in [-0.3, -0.25) is 4.79 Å². The molecule has 0 aliphatic heterocycles. The predicted octanol–water partition coefficient (Wildman–Crippen LogP) is 7.14. The van der Waals surface area contributed by atoms with Crippen molar-refractivity contribution in [1.82, 2.24) is 0 Å². The molecule has 5 aromatic rings. The van der Waals surface area contributed by atoms with Crippen LogP contribution < -0.4 is 10.4 Å². The van der Waals surface area contributed by atoms with Gasteiger partial charge in [0.1, 0.15) is 16.9 Å². The van der Waals surface area contributed by atoms with E-state index >= 15 is 0 Å². The summed E-state index contributed by atoms with van der Waals surface area (Å²) in [5, 5.41) is 1.40. The molecule has 0 spiro atoms. The Morgan fingerprint density at radius 3 is 2.57 bits per heavy atom. The van der Waals surface area contributed by atoms with E-state index in [9.17, 15) is 9.59 Å². The van der Waals surface area contributed by atoms with Crippen molar-refractivity contribution in [2.45, 2.75) is 19.8 Å². The Morgan fingerprint density at radius 2 is 1.77 bits per heavy atom. The first kappa shape index (κ1) is 22.9. The Morgan fingerprint density at radius 1 is 0.943 bits per heavy atom. The number of aryl methyl sites for hydroxylation is 1. The number of carbonyl (C=O) groups is 1. The summed E-state index contributed by atoms with van der Waals surface area (Å²) < 4.78 is 17.6. The van der Waals surface area contributed by atoms with Gasteiger partial charge in [0.15, 0.2) is 5.76 Å². The van der Waals surface area contributed by atoms with Crippen molar-refractivity contribution in [2.75, 3.05) is 12.5 Å². The molecule has 2 heterocycles. The summed E-state index contributed by atoms with van der Waals surface area (Å²) in [6, 6.07) is 21.7. The molecule has 176 valence electrons. The molecular weight excluding hydrogens is 464 g/mol. The van der Waals surface area contributed by atoms with Crippen molar-refractivity contribution in [1.29, 1.82) is 0 Å². The smallest absolute Gasteiger partial charge is 0.336 e. The molecule has 0 bridgehead atoms. The fourth-order valence-corrected chi connectivity index (χ4v) is 4.44. The number of unbranched alkanes of at least 4 members (excludes halogenated alkanes) is 1. The number of rotatable bonds is 8. The molecule has 0 unspecified atom stereocenters. The third-order valence-corrected chi connectivity index (χ3v) is 6.20. The first-order chi connectivity index (χ1) is 17.1. The molecule has 2 aromatic heterocycles. The van der Waals surface area contributed by atoms with Crippen molar-refractivity contribution in [3.05, 3.63) is 100 Å². The Kier molecular flexibility index (Phi) is 6.43. The topological polar surface area (TPSA) is 69.7 Å². The van der Waals surface area contributed by atoms with Crippen LogP contribution in [0.2, 0.25) is 0 Å². The summed E-state index contributed by atoms with van der Waals surface area (Å²) in [4.78, 5) is 26.0. The lowest BCUT2D eigenvalue weighted by Gasteiger charge is -2.08. The van der Waals surface area contributed by atoms with E-state index in [1.165, 1.54) is 6.07 Å². The van der Waals surface area contributed by atoms with Crippen molar-refractivity contribution in [2.24, 2.45) is 0 Å². The Balaban J connectivity index is 1.68. The van der Waals surface area contributed by atoms with E-state index in [1.54, 1.807) is 18.2 Å². The highest BCUT2D eigenvalue weighted by atomic mass is 35.5. The van der Waals surface area contributed by atoms with Crippen molar-refractivity contribution >= 4 is 39.3 Å². The van der Waals surface area contributed by atoms with Gasteiger partial charge in [-0.05, 0) is 55.2 Å². The fraction of sp³-hybridized carbons (Fsp3) is 0.172. The van der Waals surface area contributed by atoms with Gasteiger partial charge in [0, 0.05) is 28.5 Å². The molecule has 0 amide bonds. The van der Waals surface area contributed by atoms with Gasteiger partial charge in [-0.25, -0.2) is 4.79 Å². The summed E-state index contributed by atoms with van der Waals surface area (Å²) >= 11 is 5.74. The van der Waals surface area contributed by atoms with Crippen molar-refractivity contribution < 1.29 is 18.4 Å². The largest absolute Gasteiger partial charge is 0.494 e. The number of benzene rings is 3. The van der Waals surface area contributed by atoms with Crippen LogP contribution in [0.4, 0.5) is 0 Å². The van der Waals surface area contributed by atoms with Gasteiger partial charge in [0.2, 0.25) is 5.78 Å². The third-order valence-electron chi connectivity index (χ3n) is 5.93. The second-order valence-corrected chi connectivity index (χ2v) is 8.72. The maximum atomic E-state index is 13.7. The number of ketones is 1. The first-order valence-electron chi connectivity index (χ1n) is 11.5. The van der Waals surface area contributed by atoms with Crippen molar-refractivity contribution in [3.8, 4) is 16.9 Å². The number of halogens is 1. The zero-order chi connectivity index (χ0) is 24.4. The van der Waals surface area contributed by atoms with Gasteiger partial charge in [0.25, 0.3) is 0 Å². The minimum absolute atomic E-state index is 0.183. The van der Waals surface area contributed by atoms with Crippen LogP contribution >= 0.6 is 11.6 Å². The average molecular weight is 487 g/mol. The van der Waals surface area contributed by atoms with Crippen LogP contribution in [0.3, 0.4) is 0 Å². The lowest BCUT2D eigenvalue weighted by atomic mass is 9.96. The van der Waals surface area contributed by atoms with E-state index in [2.05, 4.69) is 0 Å². The molecule has 5 rings (SSSR count). The number of hydrogen-bond donors (Lipinski definition) is 0. The number of fused-ring (bicyclic) bond motifs is 3. The summed E-state index contributed by atoms with van der Waals surface area (Å²) in [6.07, 6.45) is 1.70. The van der Waals surface area contributed by atoms with E-state index in [4.69, 9.17) is 25.2 Å². The van der Waals surface area contributed by atoms with Gasteiger partial charge >= 0.3 is 5.63 Å². The lowest BCUT2D eigenvalue weighted by Crippen LogP contribution is -2.03. The van der Waals surface area contributed by atoms with Crippen LogP contribution in [-0.4, -0.2) is 18.3 Å². The second kappa shape index (κ2) is 9.80. The normalized spacial score (nSPS) is 11.3. The molecule has 0 aliphatic carbocycles. The highest BCUT2D eigenvalue weighted by Crippen LogP contribution is 2.40. The molecule has 5 nitrogen and oxygen atoms in total. The number of furan rings is 1. The van der Waals surface area contributed by atoms with Crippen LogP contribution in [-0.2, 0) is 0 Å². The summed E-state index contributed by atoms with van der Waals surface area (Å²) in [6.45, 7) is 2.38. The zero-order valence-corrected chi connectivity index (χ0v) is 19.9. The third kappa shape index (κ3) is 4.47. The van der Waals surface area contributed by atoms with Crippen LogP contribution in [0.15, 0.2) is 86.4 Å². The van der Waals surface area contributed by atoms with Gasteiger partial charge in [-0.15, -0.1) is 11.6 Å². The molecule has 0 aliphatic rings. The number of hydrogen-bond acceptors (Lipinski definition) is 5. The molecular formula is C29H23ClO5.